The van der Waals surface area contributed by atoms with Gasteiger partial charge >= 0.3 is 0 Å². The van der Waals surface area contributed by atoms with E-state index in [1.54, 1.807) is 0 Å². The third-order valence-corrected chi connectivity index (χ3v) is 2.89. The van der Waals surface area contributed by atoms with Gasteiger partial charge in [0.15, 0.2) is 5.58 Å². The van der Waals surface area contributed by atoms with E-state index in [1.807, 2.05) is 25.1 Å². The Morgan fingerprint density at radius 1 is 1.50 bits per heavy atom. The molecule has 0 saturated carbocycles. The lowest BCUT2D eigenvalue weighted by molar-refractivity contribution is 0.204. The van der Waals surface area contributed by atoms with Gasteiger partial charge in [-0.05, 0) is 37.2 Å². The van der Waals surface area contributed by atoms with Gasteiger partial charge < -0.3 is 14.6 Å². The summed E-state index contributed by atoms with van der Waals surface area (Å²) < 4.78 is 11.0. The normalized spacial score (nSPS) is 20.4. The van der Waals surface area contributed by atoms with Crippen LogP contribution in [-0.2, 0) is 0 Å². The lowest BCUT2D eigenvalue weighted by atomic mass is 10.2. The molecule has 4 nitrogen and oxygen atoms in total. The highest BCUT2D eigenvalue weighted by atomic mass is 16.5. The number of fused-ring (bicyclic) bond motifs is 1. The van der Waals surface area contributed by atoms with E-state index in [0.29, 0.717) is 5.88 Å². The lowest BCUT2D eigenvalue weighted by Gasteiger charge is -2.08. The number of rotatable bonds is 2. The third kappa shape index (κ3) is 1.65. The number of ether oxygens (including phenoxy) is 1. The van der Waals surface area contributed by atoms with Crippen molar-refractivity contribution in [3.63, 3.8) is 0 Å². The smallest absolute Gasteiger partial charge is 0.262 e. The van der Waals surface area contributed by atoms with Gasteiger partial charge in [-0.1, -0.05) is 11.6 Å². The van der Waals surface area contributed by atoms with E-state index in [1.165, 1.54) is 5.56 Å². The molecule has 1 aromatic carbocycles. The first-order valence-corrected chi connectivity index (χ1v) is 5.56. The Morgan fingerprint density at radius 2 is 2.44 bits per heavy atom. The standard InChI is InChI=1S/C12H14N2O2/c1-8-2-3-11-10(6-8)12(14-16-11)15-9-4-5-13-7-9/h2-3,6,9,13H,4-5,7H2,1H3. The molecular formula is C12H14N2O2. The molecule has 1 N–H and O–H groups in total. The highest BCUT2D eigenvalue weighted by Crippen LogP contribution is 2.27. The molecule has 1 saturated heterocycles. The second-order valence-electron chi connectivity index (χ2n) is 4.22. The summed E-state index contributed by atoms with van der Waals surface area (Å²) in [7, 11) is 0. The largest absolute Gasteiger partial charge is 0.470 e. The first-order chi connectivity index (χ1) is 7.83. The Hall–Kier alpha value is -1.55. The minimum atomic E-state index is 0.216. The molecule has 0 radical (unpaired) electrons. The van der Waals surface area contributed by atoms with Crippen LogP contribution in [0.2, 0.25) is 0 Å². The molecule has 0 bridgehead atoms. The number of hydrogen-bond acceptors (Lipinski definition) is 4. The molecule has 1 fully saturated rings. The molecule has 84 valence electrons. The number of benzene rings is 1. The van der Waals surface area contributed by atoms with Gasteiger partial charge in [-0.3, -0.25) is 0 Å². The molecule has 1 aromatic heterocycles. The van der Waals surface area contributed by atoms with Crippen molar-refractivity contribution in [2.45, 2.75) is 19.4 Å². The van der Waals surface area contributed by atoms with Gasteiger partial charge in [0.25, 0.3) is 5.88 Å². The molecule has 1 atom stereocenters. The number of nitrogens with one attached hydrogen (secondary N) is 1. The molecule has 0 spiro atoms. The highest BCUT2D eigenvalue weighted by molar-refractivity contribution is 5.82. The fourth-order valence-corrected chi connectivity index (χ4v) is 2.00. The van der Waals surface area contributed by atoms with E-state index >= 15 is 0 Å². The number of aryl methyl sites for hydroxylation is 1. The van der Waals surface area contributed by atoms with Crippen LogP contribution < -0.4 is 10.1 Å². The predicted molar refractivity (Wildman–Crippen MR) is 60.6 cm³/mol. The molecule has 0 aliphatic carbocycles. The minimum Gasteiger partial charge on any atom is -0.470 e. The van der Waals surface area contributed by atoms with Crippen LogP contribution in [0.15, 0.2) is 22.7 Å². The van der Waals surface area contributed by atoms with Crippen molar-refractivity contribution >= 4 is 11.0 Å². The Morgan fingerprint density at radius 3 is 3.25 bits per heavy atom. The number of hydrogen-bond donors (Lipinski definition) is 1. The average molecular weight is 218 g/mol. The molecule has 0 amide bonds. The van der Waals surface area contributed by atoms with Crippen molar-refractivity contribution in [2.24, 2.45) is 0 Å². The Kier molecular flexibility index (Phi) is 2.29. The van der Waals surface area contributed by atoms with E-state index in [-0.39, 0.29) is 6.10 Å². The molecular weight excluding hydrogens is 204 g/mol. The van der Waals surface area contributed by atoms with E-state index in [4.69, 9.17) is 9.26 Å². The van der Waals surface area contributed by atoms with Crippen molar-refractivity contribution in [1.29, 1.82) is 0 Å². The van der Waals surface area contributed by atoms with Gasteiger partial charge in [-0.25, -0.2) is 0 Å². The maximum Gasteiger partial charge on any atom is 0.262 e. The minimum absolute atomic E-state index is 0.216. The van der Waals surface area contributed by atoms with Gasteiger partial charge in [0, 0.05) is 6.54 Å². The van der Waals surface area contributed by atoms with E-state index in [2.05, 4.69) is 10.5 Å². The van der Waals surface area contributed by atoms with Crippen LogP contribution >= 0.6 is 0 Å². The summed E-state index contributed by atoms with van der Waals surface area (Å²) in [5.74, 6) is 0.618. The van der Waals surface area contributed by atoms with Crippen LogP contribution in [0.4, 0.5) is 0 Å². The summed E-state index contributed by atoms with van der Waals surface area (Å²) in [6, 6.07) is 5.98. The molecule has 2 aromatic rings. The molecule has 4 heteroatoms. The zero-order valence-corrected chi connectivity index (χ0v) is 9.19. The number of nitrogens with zero attached hydrogens (tertiary/aromatic N) is 1. The zero-order chi connectivity index (χ0) is 11.0. The van der Waals surface area contributed by atoms with E-state index < -0.39 is 0 Å². The first kappa shape index (κ1) is 9.66. The van der Waals surface area contributed by atoms with Crippen LogP contribution in [0.3, 0.4) is 0 Å². The molecule has 1 unspecified atom stereocenters. The van der Waals surface area contributed by atoms with Crippen molar-refractivity contribution in [2.75, 3.05) is 13.1 Å². The second kappa shape index (κ2) is 3.79. The molecule has 1 aliphatic heterocycles. The second-order valence-corrected chi connectivity index (χ2v) is 4.22. The molecule has 3 rings (SSSR count). The van der Waals surface area contributed by atoms with Gasteiger partial charge in [0.2, 0.25) is 0 Å². The fraction of sp³-hybridized carbons (Fsp3) is 0.417. The van der Waals surface area contributed by atoms with Gasteiger partial charge in [-0.2, -0.15) is 0 Å². The first-order valence-electron chi connectivity index (χ1n) is 5.56. The molecule has 1 aliphatic rings. The van der Waals surface area contributed by atoms with E-state index in [0.717, 1.165) is 30.5 Å². The highest BCUT2D eigenvalue weighted by Gasteiger charge is 2.19. The maximum atomic E-state index is 5.82. The van der Waals surface area contributed by atoms with Crippen LogP contribution in [0.1, 0.15) is 12.0 Å². The lowest BCUT2D eigenvalue weighted by Crippen LogP contribution is -2.19. The van der Waals surface area contributed by atoms with Crippen LogP contribution in [0.25, 0.3) is 11.0 Å². The quantitative estimate of drug-likeness (QED) is 0.836. The number of aromatic nitrogens is 1. The van der Waals surface area contributed by atoms with Gasteiger partial charge in [0.1, 0.15) is 6.10 Å². The summed E-state index contributed by atoms with van der Waals surface area (Å²) in [4.78, 5) is 0. The summed E-state index contributed by atoms with van der Waals surface area (Å²) in [5, 5.41) is 8.20. The third-order valence-electron chi connectivity index (χ3n) is 2.89. The predicted octanol–water partition coefficient (Wildman–Crippen LogP) is 1.88. The Bertz CT molecular complexity index is 501. The topological polar surface area (TPSA) is 47.3 Å². The summed E-state index contributed by atoms with van der Waals surface area (Å²) in [6.45, 7) is 3.95. The van der Waals surface area contributed by atoms with Crippen LogP contribution in [-0.4, -0.2) is 24.4 Å². The monoisotopic (exact) mass is 218 g/mol. The zero-order valence-electron chi connectivity index (χ0n) is 9.19. The Balaban J connectivity index is 1.93. The van der Waals surface area contributed by atoms with Crippen molar-refractivity contribution in [3.05, 3.63) is 23.8 Å². The Labute approximate surface area is 93.6 Å². The van der Waals surface area contributed by atoms with Crippen LogP contribution in [0.5, 0.6) is 5.88 Å². The van der Waals surface area contributed by atoms with Gasteiger partial charge in [0.05, 0.1) is 5.39 Å². The van der Waals surface area contributed by atoms with E-state index in [9.17, 15) is 0 Å². The van der Waals surface area contributed by atoms with Crippen LogP contribution in [0, 0.1) is 6.92 Å². The fourth-order valence-electron chi connectivity index (χ4n) is 2.00. The van der Waals surface area contributed by atoms with Gasteiger partial charge in [-0.15, -0.1) is 0 Å². The summed E-state index contributed by atoms with van der Waals surface area (Å²) in [6.07, 6.45) is 1.24. The molecule has 16 heavy (non-hydrogen) atoms. The SMILES string of the molecule is Cc1ccc2onc(OC3CCNC3)c2c1. The van der Waals surface area contributed by atoms with Crippen molar-refractivity contribution < 1.29 is 9.26 Å². The average Bonchev–Trinajstić information content (AvgIpc) is 2.90. The molecule has 2 heterocycles. The van der Waals surface area contributed by atoms with Crippen molar-refractivity contribution in [1.82, 2.24) is 10.5 Å². The van der Waals surface area contributed by atoms with Crippen molar-refractivity contribution in [3.8, 4) is 5.88 Å². The maximum absolute atomic E-state index is 5.82. The summed E-state index contributed by atoms with van der Waals surface area (Å²) in [5.41, 5.74) is 1.97. The summed E-state index contributed by atoms with van der Waals surface area (Å²) >= 11 is 0.